The number of carbonyl (C=O) groups is 2. The fraction of sp³-hybridized carbons (Fsp3) is 0.391. The fourth-order valence-electron chi connectivity index (χ4n) is 3.47. The highest BCUT2D eigenvalue weighted by molar-refractivity contribution is 6.09. The summed E-state index contributed by atoms with van der Waals surface area (Å²) in [7, 11) is 1.57. The molecule has 0 saturated carbocycles. The molecule has 1 aliphatic rings. The first-order chi connectivity index (χ1) is 13.8. The number of piperazine rings is 1. The van der Waals surface area contributed by atoms with Crippen molar-refractivity contribution in [2.45, 2.75) is 20.8 Å². The smallest absolute Gasteiger partial charge is 0.239 e. The molecule has 0 atom stereocenters. The van der Waals surface area contributed by atoms with Gasteiger partial charge in [-0.2, -0.15) is 0 Å². The van der Waals surface area contributed by atoms with Gasteiger partial charge in [0, 0.05) is 43.6 Å². The van der Waals surface area contributed by atoms with Crippen LogP contribution in [-0.2, 0) is 9.59 Å². The summed E-state index contributed by atoms with van der Waals surface area (Å²) in [5.41, 5.74) is 1.84. The number of anilines is 2. The summed E-state index contributed by atoms with van der Waals surface area (Å²) < 4.78 is 5.19. The Morgan fingerprint density at radius 2 is 1.69 bits per heavy atom. The highest BCUT2D eigenvalue weighted by atomic mass is 16.5. The number of benzene rings is 2. The van der Waals surface area contributed by atoms with Crippen LogP contribution in [0.5, 0.6) is 5.75 Å². The van der Waals surface area contributed by atoms with Crippen LogP contribution in [-0.4, -0.2) is 50.0 Å². The Hall–Kier alpha value is -3.02. The van der Waals surface area contributed by atoms with Crippen molar-refractivity contribution in [1.82, 2.24) is 4.90 Å². The SMILES string of the molecule is COc1cccc(NC(=O)C(C)(C)C(=O)N2CCN(c3cccc(C)c3)CC2)c1. The number of rotatable bonds is 5. The van der Waals surface area contributed by atoms with Crippen molar-refractivity contribution in [2.75, 3.05) is 43.5 Å². The third kappa shape index (κ3) is 4.70. The van der Waals surface area contributed by atoms with Gasteiger partial charge in [0.05, 0.1) is 7.11 Å². The minimum absolute atomic E-state index is 0.151. The van der Waals surface area contributed by atoms with Gasteiger partial charge in [0.1, 0.15) is 11.2 Å². The van der Waals surface area contributed by atoms with E-state index in [1.807, 2.05) is 6.07 Å². The number of amides is 2. The summed E-state index contributed by atoms with van der Waals surface area (Å²) in [4.78, 5) is 30.0. The Balaban J connectivity index is 1.62. The lowest BCUT2D eigenvalue weighted by atomic mass is 9.89. The molecule has 0 unspecified atom stereocenters. The zero-order valence-corrected chi connectivity index (χ0v) is 17.6. The van der Waals surface area contributed by atoms with Crippen LogP contribution in [0.2, 0.25) is 0 Å². The molecule has 0 spiro atoms. The molecular formula is C23H29N3O3. The van der Waals surface area contributed by atoms with Crippen molar-refractivity contribution in [3.05, 3.63) is 54.1 Å². The topological polar surface area (TPSA) is 61.9 Å². The number of carbonyl (C=O) groups excluding carboxylic acids is 2. The van der Waals surface area contributed by atoms with Crippen LogP contribution >= 0.6 is 0 Å². The minimum Gasteiger partial charge on any atom is -0.497 e. The Morgan fingerprint density at radius 3 is 2.34 bits per heavy atom. The molecule has 6 nitrogen and oxygen atoms in total. The first-order valence-corrected chi connectivity index (χ1v) is 9.88. The lowest BCUT2D eigenvalue weighted by Crippen LogP contribution is -2.54. The number of nitrogens with zero attached hydrogens (tertiary/aromatic N) is 2. The zero-order chi connectivity index (χ0) is 21.0. The number of methoxy groups -OCH3 is 1. The molecule has 1 fully saturated rings. The molecule has 2 amide bonds. The maximum absolute atomic E-state index is 13.1. The molecule has 2 aromatic carbocycles. The van der Waals surface area contributed by atoms with Crippen molar-refractivity contribution in [3.8, 4) is 5.75 Å². The predicted octanol–water partition coefficient (Wildman–Crippen LogP) is 3.32. The molecule has 2 aromatic rings. The van der Waals surface area contributed by atoms with Gasteiger partial charge in [0.15, 0.2) is 0 Å². The van der Waals surface area contributed by atoms with E-state index in [4.69, 9.17) is 4.74 Å². The molecular weight excluding hydrogens is 366 g/mol. The van der Waals surface area contributed by atoms with Crippen molar-refractivity contribution in [2.24, 2.45) is 5.41 Å². The van der Waals surface area contributed by atoms with Gasteiger partial charge in [-0.3, -0.25) is 9.59 Å². The number of ether oxygens (including phenoxy) is 1. The highest BCUT2D eigenvalue weighted by Crippen LogP contribution is 2.25. The van der Waals surface area contributed by atoms with E-state index in [1.54, 1.807) is 50.1 Å². The Labute approximate surface area is 172 Å². The van der Waals surface area contributed by atoms with E-state index in [9.17, 15) is 9.59 Å². The molecule has 1 heterocycles. The standard InChI is InChI=1S/C23H29N3O3/c1-17-7-5-9-19(15-17)25-11-13-26(14-12-25)22(28)23(2,3)21(27)24-18-8-6-10-20(16-18)29-4/h5-10,15-16H,11-14H2,1-4H3,(H,24,27). The van der Waals surface area contributed by atoms with Crippen molar-refractivity contribution in [3.63, 3.8) is 0 Å². The van der Waals surface area contributed by atoms with Crippen LogP contribution in [0, 0.1) is 12.3 Å². The van der Waals surface area contributed by atoms with E-state index >= 15 is 0 Å². The Morgan fingerprint density at radius 1 is 1.00 bits per heavy atom. The lowest BCUT2D eigenvalue weighted by molar-refractivity contribution is -0.146. The number of hydrogen-bond acceptors (Lipinski definition) is 4. The number of hydrogen-bond donors (Lipinski definition) is 1. The summed E-state index contributed by atoms with van der Waals surface area (Å²) in [6, 6.07) is 15.5. The molecule has 29 heavy (non-hydrogen) atoms. The third-order valence-electron chi connectivity index (χ3n) is 5.36. The van der Waals surface area contributed by atoms with E-state index in [-0.39, 0.29) is 11.8 Å². The molecule has 6 heteroatoms. The molecule has 0 bridgehead atoms. The van der Waals surface area contributed by atoms with E-state index in [2.05, 4.69) is 35.3 Å². The monoisotopic (exact) mass is 395 g/mol. The van der Waals surface area contributed by atoms with Gasteiger partial charge in [-0.1, -0.05) is 18.2 Å². The maximum atomic E-state index is 13.1. The van der Waals surface area contributed by atoms with E-state index in [1.165, 1.54) is 11.3 Å². The van der Waals surface area contributed by atoms with Crippen molar-refractivity contribution in [1.29, 1.82) is 0 Å². The van der Waals surface area contributed by atoms with Crippen LogP contribution < -0.4 is 15.0 Å². The van der Waals surface area contributed by atoms with Crippen LogP contribution in [0.4, 0.5) is 11.4 Å². The van der Waals surface area contributed by atoms with Gasteiger partial charge in [-0.15, -0.1) is 0 Å². The predicted molar refractivity (Wildman–Crippen MR) is 115 cm³/mol. The van der Waals surface area contributed by atoms with Gasteiger partial charge >= 0.3 is 0 Å². The molecule has 1 aliphatic heterocycles. The lowest BCUT2D eigenvalue weighted by Gasteiger charge is -2.39. The van der Waals surface area contributed by atoms with Crippen LogP contribution in [0.25, 0.3) is 0 Å². The molecule has 1 saturated heterocycles. The third-order valence-corrected chi connectivity index (χ3v) is 5.36. The van der Waals surface area contributed by atoms with Crippen molar-refractivity contribution < 1.29 is 14.3 Å². The molecule has 0 aromatic heterocycles. The van der Waals surface area contributed by atoms with Crippen LogP contribution in [0.3, 0.4) is 0 Å². The zero-order valence-electron chi connectivity index (χ0n) is 17.6. The summed E-state index contributed by atoms with van der Waals surface area (Å²) in [6.07, 6.45) is 0. The molecule has 0 radical (unpaired) electrons. The maximum Gasteiger partial charge on any atom is 0.239 e. The second kappa shape index (κ2) is 8.55. The van der Waals surface area contributed by atoms with Gasteiger partial charge in [-0.05, 0) is 50.6 Å². The first-order valence-electron chi connectivity index (χ1n) is 9.88. The Bertz CT molecular complexity index is 886. The second-order valence-corrected chi connectivity index (χ2v) is 7.93. The summed E-state index contributed by atoms with van der Waals surface area (Å²) in [5, 5.41) is 2.84. The van der Waals surface area contributed by atoms with E-state index < -0.39 is 5.41 Å². The summed E-state index contributed by atoms with van der Waals surface area (Å²) in [6.45, 7) is 8.14. The largest absolute Gasteiger partial charge is 0.497 e. The highest BCUT2D eigenvalue weighted by Gasteiger charge is 2.40. The van der Waals surface area contributed by atoms with Gasteiger partial charge in [0.25, 0.3) is 0 Å². The average Bonchev–Trinajstić information content (AvgIpc) is 2.73. The van der Waals surface area contributed by atoms with Crippen molar-refractivity contribution >= 4 is 23.2 Å². The average molecular weight is 396 g/mol. The van der Waals surface area contributed by atoms with E-state index in [0.717, 1.165) is 13.1 Å². The van der Waals surface area contributed by atoms with Gasteiger partial charge in [0.2, 0.25) is 11.8 Å². The molecule has 154 valence electrons. The van der Waals surface area contributed by atoms with Crippen LogP contribution in [0.15, 0.2) is 48.5 Å². The van der Waals surface area contributed by atoms with Gasteiger partial charge in [-0.25, -0.2) is 0 Å². The fourth-order valence-corrected chi connectivity index (χ4v) is 3.47. The normalized spacial score (nSPS) is 14.5. The number of aryl methyl sites for hydroxylation is 1. The molecule has 3 rings (SSSR count). The molecule has 1 N–H and O–H groups in total. The minimum atomic E-state index is -1.16. The second-order valence-electron chi connectivity index (χ2n) is 7.93. The first kappa shape index (κ1) is 20.7. The van der Waals surface area contributed by atoms with Crippen LogP contribution in [0.1, 0.15) is 19.4 Å². The van der Waals surface area contributed by atoms with E-state index in [0.29, 0.717) is 24.5 Å². The molecule has 0 aliphatic carbocycles. The quantitative estimate of drug-likeness (QED) is 0.789. The number of nitrogens with one attached hydrogen (secondary N) is 1. The summed E-state index contributed by atoms with van der Waals surface area (Å²) in [5.74, 6) is 0.179. The van der Waals surface area contributed by atoms with Gasteiger partial charge < -0.3 is 19.9 Å². The summed E-state index contributed by atoms with van der Waals surface area (Å²) >= 11 is 0. The Kier molecular flexibility index (Phi) is 6.11.